The van der Waals surface area contributed by atoms with Crippen molar-refractivity contribution in [2.24, 2.45) is 39.6 Å². The van der Waals surface area contributed by atoms with Crippen LogP contribution in [0.4, 0.5) is 0 Å². The lowest BCUT2D eigenvalue weighted by molar-refractivity contribution is -0.135. The normalized spacial score (nSPS) is 14.3. The van der Waals surface area contributed by atoms with E-state index in [2.05, 4.69) is 36.6 Å². The summed E-state index contributed by atoms with van der Waals surface area (Å²) in [5, 5.41) is 14.6. The standard InChI is InChI=1S/C38H64N12O6S2/c1-22(2)31(37(56)46-27(32(41)51)14-18-57-3)50-36(55)30(15-19-58-4)49-35(54)29(13-9-17-44-38(42)43)48-34(53)28(12-7-8-16-39)47-33(52)25(40)20-23-21-45-26-11-6-5-10-24(23)26/h5-6,10-11,21-22,25,27-31,45H,7-9,12-20,39-40H2,1-4H3,(H2,41,51)(H,46,56)(H,47,52)(H,48,53)(H,49,54)(H,50,55)(H4,42,43,44)/t25-,27+,28-,29-,30-,31-/m0/s1. The summed E-state index contributed by atoms with van der Waals surface area (Å²) in [4.78, 5) is 87.7. The number of aromatic amines is 1. The predicted molar refractivity (Wildman–Crippen MR) is 232 cm³/mol. The summed E-state index contributed by atoms with van der Waals surface area (Å²) in [6, 6.07) is 1.36. The number of guanidine groups is 1. The van der Waals surface area contributed by atoms with Gasteiger partial charge in [-0.15, -0.1) is 0 Å². The van der Waals surface area contributed by atoms with Crippen LogP contribution in [0.2, 0.25) is 0 Å². The topological polar surface area (TPSA) is 321 Å². The van der Waals surface area contributed by atoms with Crippen LogP contribution in [-0.2, 0) is 35.2 Å². The Morgan fingerprint density at radius 1 is 0.707 bits per heavy atom. The van der Waals surface area contributed by atoms with E-state index in [9.17, 15) is 28.8 Å². The van der Waals surface area contributed by atoms with Gasteiger partial charge in [-0.05, 0) is 99.5 Å². The molecule has 20 heteroatoms. The van der Waals surface area contributed by atoms with Gasteiger partial charge >= 0.3 is 0 Å². The summed E-state index contributed by atoms with van der Waals surface area (Å²) in [5.41, 5.74) is 30.3. The summed E-state index contributed by atoms with van der Waals surface area (Å²) in [7, 11) is 0. The van der Waals surface area contributed by atoms with Crippen LogP contribution in [0, 0.1) is 5.92 Å². The number of amides is 6. The van der Waals surface area contributed by atoms with E-state index < -0.39 is 71.7 Å². The minimum Gasteiger partial charge on any atom is -0.370 e. The molecule has 324 valence electrons. The van der Waals surface area contributed by atoms with Crippen molar-refractivity contribution in [2.75, 3.05) is 37.1 Å². The van der Waals surface area contributed by atoms with Gasteiger partial charge in [0.05, 0.1) is 6.04 Å². The van der Waals surface area contributed by atoms with Crippen LogP contribution in [0.3, 0.4) is 0 Å². The quantitative estimate of drug-likeness (QED) is 0.0288. The van der Waals surface area contributed by atoms with Crippen molar-refractivity contribution in [3.05, 3.63) is 36.0 Å². The molecule has 0 saturated carbocycles. The fourth-order valence-corrected chi connectivity index (χ4v) is 7.01. The molecule has 18 nitrogen and oxygen atoms in total. The second-order valence-electron chi connectivity index (χ2n) is 14.3. The van der Waals surface area contributed by atoms with Crippen LogP contribution in [0.25, 0.3) is 10.9 Å². The summed E-state index contributed by atoms with van der Waals surface area (Å²) >= 11 is 2.95. The fraction of sp³-hybridized carbons (Fsp3) is 0.605. The molecule has 58 heavy (non-hydrogen) atoms. The predicted octanol–water partition coefficient (Wildman–Crippen LogP) is -0.708. The summed E-state index contributed by atoms with van der Waals surface area (Å²) < 4.78 is 0. The number of fused-ring (bicyclic) bond motifs is 1. The third-order valence-corrected chi connectivity index (χ3v) is 10.7. The van der Waals surface area contributed by atoms with Crippen molar-refractivity contribution in [2.45, 2.75) is 101 Å². The molecule has 6 amide bonds. The molecule has 1 aromatic heterocycles. The van der Waals surface area contributed by atoms with Crippen LogP contribution in [-0.4, -0.2) is 120 Å². The SMILES string of the molecule is CSCC[C@H](NC(=O)[C@H](CCCN=C(N)N)NC(=O)[C@H](CCCCN)NC(=O)[C@@H](N)Cc1c[nH]c2ccccc12)C(=O)N[C@H](C(=O)N[C@H](CCSC)C(N)=O)C(C)C. The maximum absolute atomic E-state index is 14.0. The first-order chi connectivity index (χ1) is 27.6. The maximum atomic E-state index is 14.0. The van der Waals surface area contributed by atoms with Crippen molar-refractivity contribution in [3.8, 4) is 0 Å². The molecule has 0 bridgehead atoms. The van der Waals surface area contributed by atoms with Crippen LogP contribution in [0.15, 0.2) is 35.5 Å². The van der Waals surface area contributed by atoms with Crippen LogP contribution >= 0.6 is 23.5 Å². The Labute approximate surface area is 349 Å². The first kappa shape index (κ1) is 49.6. The second kappa shape index (κ2) is 26.5. The molecule has 1 aromatic carbocycles. The average Bonchev–Trinajstić information content (AvgIpc) is 3.59. The van der Waals surface area contributed by atoms with E-state index in [-0.39, 0.29) is 50.5 Å². The number of primary amides is 1. The lowest BCUT2D eigenvalue weighted by Crippen LogP contribution is -2.60. The van der Waals surface area contributed by atoms with Gasteiger partial charge in [0.25, 0.3) is 0 Å². The highest BCUT2D eigenvalue weighted by molar-refractivity contribution is 7.98. The van der Waals surface area contributed by atoms with Crippen LogP contribution in [0.1, 0.15) is 64.4 Å². The smallest absolute Gasteiger partial charge is 0.243 e. The van der Waals surface area contributed by atoms with Gasteiger partial charge in [0, 0.05) is 23.6 Å². The molecular formula is C38H64N12O6S2. The first-order valence-corrected chi connectivity index (χ1v) is 22.3. The van der Waals surface area contributed by atoms with Crippen molar-refractivity contribution in [1.29, 1.82) is 0 Å². The molecule has 1 heterocycles. The highest BCUT2D eigenvalue weighted by Crippen LogP contribution is 2.19. The fourth-order valence-electron chi connectivity index (χ4n) is 6.06. The van der Waals surface area contributed by atoms with Crippen molar-refractivity contribution >= 4 is 75.8 Å². The molecular weight excluding hydrogens is 785 g/mol. The van der Waals surface area contributed by atoms with Gasteiger partial charge in [0.15, 0.2) is 5.96 Å². The van der Waals surface area contributed by atoms with Gasteiger partial charge in [-0.25, -0.2) is 0 Å². The highest BCUT2D eigenvalue weighted by Gasteiger charge is 2.33. The number of aliphatic imine (C=N–C) groups is 1. The van der Waals surface area contributed by atoms with E-state index in [1.54, 1.807) is 20.0 Å². The van der Waals surface area contributed by atoms with E-state index in [0.717, 1.165) is 16.5 Å². The third kappa shape index (κ3) is 17.1. The third-order valence-electron chi connectivity index (χ3n) is 9.37. The molecule has 0 saturated heterocycles. The molecule has 2 aromatic rings. The Morgan fingerprint density at radius 3 is 1.81 bits per heavy atom. The molecule has 2 rings (SSSR count). The molecule has 6 atom stereocenters. The lowest BCUT2D eigenvalue weighted by Gasteiger charge is -2.28. The van der Waals surface area contributed by atoms with Crippen LogP contribution in [0.5, 0.6) is 0 Å². The molecule has 0 unspecified atom stereocenters. The van der Waals surface area contributed by atoms with Crippen LogP contribution < -0.4 is 55.3 Å². The number of nitrogens with one attached hydrogen (secondary N) is 6. The number of nitrogens with two attached hydrogens (primary N) is 5. The van der Waals surface area contributed by atoms with E-state index in [1.165, 1.54) is 23.5 Å². The number of hydrogen-bond acceptors (Lipinski definition) is 11. The minimum atomic E-state index is -1.17. The van der Waals surface area contributed by atoms with Crippen molar-refractivity contribution in [1.82, 2.24) is 31.6 Å². The number of hydrogen-bond donors (Lipinski definition) is 11. The van der Waals surface area contributed by atoms with Gasteiger partial charge in [0.1, 0.15) is 30.2 Å². The number of carbonyl (C=O) groups excluding carboxylic acids is 6. The van der Waals surface area contributed by atoms with Crippen molar-refractivity contribution < 1.29 is 28.8 Å². The van der Waals surface area contributed by atoms with Gasteiger partial charge in [-0.1, -0.05) is 32.0 Å². The number of para-hydroxylation sites is 1. The Morgan fingerprint density at radius 2 is 1.24 bits per heavy atom. The van der Waals surface area contributed by atoms with E-state index in [4.69, 9.17) is 28.7 Å². The number of H-pyrrole nitrogens is 1. The molecule has 0 spiro atoms. The maximum Gasteiger partial charge on any atom is 0.243 e. The molecule has 0 aliphatic carbocycles. The zero-order valence-electron chi connectivity index (χ0n) is 34.0. The zero-order chi connectivity index (χ0) is 43.2. The summed E-state index contributed by atoms with van der Waals surface area (Å²) in [6.07, 6.45) is 7.92. The first-order valence-electron chi connectivity index (χ1n) is 19.5. The molecule has 0 fully saturated rings. The molecule has 0 aliphatic rings. The second-order valence-corrected chi connectivity index (χ2v) is 16.3. The minimum absolute atomic E-state index is 0.0797. The monoisotopic (exact) mass is 848 g/mol. The summed E-state index contributed by atoms with van der Waals surface area (Å²) in [5.74, 6) is -3.21. The van der Waals surface area contributed by atoms with Gasteiger partial charge in [-0.3, -0.25) is 33.8 Å². The number of nitrogens with zero attached hydrogens (tertiary/aromatic N) is 1. The number of rotatable bonds is 28. The largest absolute Gasteiger partial charge is 0.370 e. The van der Waals surface area contributed by atoms with Gasteiger partial charge in [-0.2, -0.15) is 23.5 Å². The Bertz CT molecular complexity index is 1670. The number of thioether (sulfide) groups is 2. The number of aromatic nitrogens is 1. The Kier molecular flexibility index (Phi) is 22.6. The Hall–Kier alpha value is -4.53. The van der Waals surface area contributed by atoms with Crippen molar-refractivity contribution in [3.63, 3.8) is 0 Å². The lowest BCUT2D eigenvalue weighted by atomic mass is 10.0. The number of carbonyl (C=O) groups is 6. The van der Waals surface area contributed by atoms with E-state index in [0.29, 0.717) is 37.3 Å². The van der Waals surface area contributed by atoms with E-state index >= 15 is 0 Å². The number of benzene rings is 1. The molecule has 0 aliphatic heterocycles. The summed E-state index contributed by atoms with van der Waals surface area (Å²) in [6.45, 7) is 4.01. The van der Waals surface area contributed by atoms with E-state index in [1.807, 2.05) is 36.8 Å². The molecule has 0 radical (unpaired) electrons. The van der Waals surface area contributed by atoms with Gasteiger partial charge in [0.2, 0.25) is 35.4 Å². The zero-order valence-corrected chi connectivity index (χ0v) is 35.6. The van der Waals surface area contributed by atoms with Gasteiger partial charge < -0.3 is 60.2 Å². The number of unbranched alkanes of at least 4 members (excludes halogenated alkanes) is 1. The highest BCUT2D eigenvalue weighted by atomic mass is 32.2. The average molecular weight is 849 g/mol. The molecule has 16 N–H and O–H groups in total. The Balaban J connectivity index is 2.29.